The topological polar surface area (TPSA) is 29.5 Å². The lowest BCUT2D eigenvalue weighted by Gasteiger charge is -2.13. The monoisotopic (exact) mass is 255 g/mol. The zero-order chi connectivity index (χ0) is 12.4. The van der Waals surface area contributed by atoms with Gasteiger partial charge in [-0.2, -0.15) is 0 Å². The third kappa shape index (κ3) is 2.79. The fraction of sp³-hybridized carbons (Fsp3) is 0.417. The highest BCUT2D eigenvalue weighted by atomic mass is 32.2. The molecule has 0 aromatic heterocycles. The van der Waals surface area contributed by atoms with Crippen LogP contribution in [0.5, 0.6) is 0 Å². The van der Waals surface area contributed by atoms with Gasteiger partial charge in [-0.25, -0.2) is 9.18 Å². The number of carbonyl (C=O) groups is 1. The van der Waals surface area contributed by atoms with Crippen molar-refractivity contribution in [2.45, 2.75) is 16.9 Å². The quantitative estimate of drug-likeness (QED) is 0.720. The lowest BCUT2D eigenvalue weighted by molar-refractivity contribution is 0.0600. The molecule has 1 aliphatic heterocycles. The number of ether oxygens (including phenoxy) is 1. The number of hydrogen-bond acceptors (Lipinski definition) is 4. The van der Waals surface area contributed by atoms with E-state index in [0.717, 1.165) is 22.2 Å². The summed E-state index contributed by atoms with van der Waals surface area (Å²) in [7, 11) is 3.23. The van der Waals surface area contributed by atoms with Crippen LogP contribution in [0.2, 0.25) is 0 Å². The van der Waals surface area contributed by atoms with Crippen molar-refractivity contribution in [2.75, 3.05) is 20.7 Å². The molecule has 1 heterocycles. The number of methoxy groups -OCH3 is 1. The van der Waals surface area contributed by atoms with Crippen molar-refractivity contribution in [2.24, 2.45) is 0 Å². The number of esters is 1. The van der Waals surface area contributed by atoms with Gasteiger partial charge in [0.25, 0.3) is 0 Å². The second-order valence-corrected chi connectivity index (χ2v) is 5.23. The molecule has 1 atom stereocenters. The first-order chi connectivity index (χ1) is 8.10. The van der Waals surface area contributed by atoms with Crippen LogP contribution in [-0.2, 0) is 11.3 Å². The Morgan fingerprint density at radius 1 is 1.59 bits per heavy atom. The van der Waals surface area contributed by atoms with E-state index in [0.29, 0.717) is 18.7 Å². The molecule has 0 aliphatic carbocycles. The van der Waals surface area contributed by atoms with Crippen molar-refractivity contribution >= 4 is 17.7 Å². The molecule has 0 radical (unpaired) electrons. The first-order valence-electron chi connectivity index (χ1n) is 5.30. The Bertz CT molecular complexity index is 439. The summed E-state index contributed by atoms with van der Waals surface area (Å²) in [6.45, 7) is 1.09. The Hall–Kier alpha value is -1.07. The average Bonchev–Trinajstić information content (AvgIpc) is 2.43. The minimum absolute atomic E-state index is 0.388. The van der Waals surface area contributed by atoms with Crippen molar-refractivity contribution in [1.29, 1.82) is 0 Å². The summed E-state index contributed by atoms with van der Waals surface area (Å²) in [4.78, 5) is 14.2. The SMILES string of the molecule is COC(=O)c1ccc2c(c1)S[C@@H](F)CN(C)C2. The number of nitrogens with zero attached hydrogens (tertiary/aromatic N) is 1. The number of halogens is 1. The fourth-order valence-corrected chi connectivity index (χ4v) is 2.90. The van der Waals surface area contributed by atoms with Crippen molar-refractivity contribution in [1.82, 2.24) is 4.90 Å². The normalized spacial score (nSPS) is 20.5. The second-order valence-electron chi connectivity index (χ2n) is 4.04. The van der Waals surface area contributed by atoms with Gasteiger partial charge in [-0.3, -0.25) is 4.90 Å². The number of thioether (sulfide) groups is 1. The lowest BCUT2D eigenvalue weighted by atomic mass is 10.1. The molecule has 0 fully saturated rings. The van der Waals surface area contributed by atoms with E-state index in [9.17, 15) is 9.18 Å². The third-order valence-electron chi connectivity index (χ3n) is 2.64. The Labute approximate surface area is 104 Å². The molecule has 1 aliphatic rings. The molecule has 0 spiro atoms. The van der Waals surface area contributed by atoms with Gasteiger partial charge < -0.3 is 4.74 Å². The van der Waals surface area contributed by atoms with E-state index in [1.54, 1.807) is 12.1 Å². The maximum atomic E-state index is 13.6. The van der Waals surface area contributed by atoms with Crippen LogP contribution in [0.25, 0.3) is 0 Å². The van der Waals surface area contributed by atoms with Gasteiger partial charge in [-0.05, 0) is 24.7 Å². The summed E-state index contributed by atoms with van der Waals surface area (Å²) >= 11 is 1.16. The Morgan fingerprint density at radius 2 is 2.35 bits per heavy atom. The van der Waals surface area contributed by atoms with Crippen LogP contribution in [0.15, 0.2) is 23.1 Å². The van der Waals surface area contributed by atoms with Crippen LogP contribution >= 0.6 is 11.8 Å². The predicted octanol–water partition coefficient (Wildman–Crippen LogP) is 2.31. The Morgan fingerprint density at radius 3 is 3.06 bits per heavy atom. The molecule has 5 heteroatoms. The molecule has 0 unspecified atom stereocenters. The number of hydrogen-bond donors (Lipinski definition) is 0. The van der Waals surface area contributed by atoms with Gasteiger partial charge >= 0.3 is 5.97 Å². The summed E-state index contributed by atoms with van der Waals surface area (Å²) in [5.41, 5.74) is 0.551. The number of alkyl halides is 1. The smallest absolute Gasteiger partial charge is 0.337 e. The molecule has 92 valence electrons. The van der Waals surface area contributed by atoms with E-state index in [1.807, 2.05) is 18.0 Å². The van der Waals surface area contributed by atoms with E-state index in [1.165, 1.54) is 7.11 Å². The summed E-state index contributed by atoms with van der Waals surface area (Å²) < 4.78 is 18.2. The highest BCUT2D eigenvalue weighted by molar-refractivity contribution is 7.99. The Balaban J connectivity index is 2.34. The van der Waals surface area contributed by atoms with E-state index >= 15 is 0 Å². The van der Waals surface area contributed by atoms with Crippen molar-refractivity contribution < 1.29 is 13.9 Å². The molecule has 2 rings (SSSR count). The first-order valence-corrected chi connectivity index (χ1v) is 6.18. The maximum Gasteiger partial charge on any atom is 0.337 e. The standard InChI is InChI=1S/C12H14FNO2S/c1-14-6-9-4-3-8(12(15)16-2)5-10(9)17-11(13)7-14/h3-5,11H,6-7H2,1-2H3/t11-/m1/s1. The third-order valence-corrected chi connectivity index (χ3v) is 3.68. The van der Waals surface area contributed by atoms with Gasteiger partial charge in [-0.15, -0.1) is 0 Å². The van der Waals surface area contributed by atoms with Crippen molar-refractivity contribution in [3.63, 3.8) is 0 Å². The maximum absolute atomic E-state index is 13.6. The lowest BCUT2D eigenvalue weighted by Crippen LogP contribution is -2.22. The molecule has 0 N–H and O–H groups in total. The number of carbonyl (C=O) groups excluding carboxylic acids is 1. The van der Waals surface area contributed by atoms with E-state index in [2.05, 4.69) is 4.74 Å². The van der Waals surface area contributed by atoms with Crippen LogP contribution in [0.4, 0.5) is 4.39 Å². The number of benzene rings is 1. The average molecular weight is 255 g/mol. The highest BCUT2D eigenvalue weighted by Crippen LogP contribution is 2.32. The van der Waals surface area contributed by atoms with Gasteiger partial charge in [0.15, 0.2) is 5.50 Å². The van der Waals surface area contributed by atoms with Crippen LogP contribution < -0.4 is 0 Å². The van der Waals surface area contributed by atoms with Gasteiger partial charge in [0.2, 0.25) is 0 Å². The molecular weight excluding hydrogens is 241 g/mol. The zero-order valence-corrected chi connectivity index (χ0v) is 10.6. The largest absolute Gasteiger partial charge is 0.465 e. The molecule has 0 amide bonds. The summed E-state index contributed by atoms with van der Waals surface area (Å²) in [5.74, 6) is -0.388. The summed E-state index contributed by atoms with van der Waals surface area (Å²) in [6, 6.07) is 5.29. The molecule has 1 aromatic carbocycles. The van der Waals surface area contributed by atoms with Crippen LogP contribution in [0.1, 0.15) is 15.9 Å². The number of fused-ring (bicyclic) bond motifs is 1. The molecule has 0 bridgehead atoms. The molecule has 0 saturated carbocycles. The van der Waals surface area contributed by atoms with Crippen LogP contribution in [0, 0.1) is 0 Å². The van der Waals surface area contributed by atoms with Gasteiger partial charge in [0.1, 0.15) is 0 Å². The molecular formula is C12H14FNO2S. The minimum atomic E-state index is -0.964. The van der Waals surface area contributed by atoms with Gasteiger partial charge in [0, 0.05) is 18.0 Å². The van der Waals surface area contributed by atoms with Gasteiger partial charge in [0.05, 0.1) is 12.7 Å². The van der Waals surface area contributed by atoms with Crippen LogP contribution in [0.3, 0.4) is 0 Å². The predicted molar refractivity (Wildman–Crippen MR) is 64.9 cm³/mol. The molecule has 17 heavy (non-hydrogen) atoms. The number of rotatable bonds is 1. The molecule has 1 aromatic rings. The minimum Gasteiger partial charge on any atom is -0.465 e. The van der Waals surface area contributed by atoms with Crippen molar-refractivity contribution in [3.8, 4) is 0 Å². The van der Waals surface area contributed by atoms with E-state index in [-0.39, 0.29) is 5.97 Å². The first kappa shape index (κ1) is 12.4. The highest BCUT2D eigenvalue weighted by Gasteiger charge is 2.21. The second kappa shape index (κ2) is 5.06. The summed E-state index contributed by atoms with van der Waals surface area (Å²) in [6.07, 6.45) is 0. The van der Waals surface area contributed by atoms with Crippen LogP contribution in [-0.4, -0.2) is 37.1 Å². The van der Waals surface area contributed by atoms with E-state index < -0.39 is 5.50 Å². The van der Waals surface area contributed by atoms with Gasteiger partial charge in [-0.1, -0.05) is 17.8 Å². The molecule has 0 saturated heterocycles. The fourth-order valence-electron chi connectivity index (χ4n) is 1.82. The zero-order valence-electron chi connectivity index (χ0n) is 9.77. The summed E-state index contributed by atoms with van der Waals surface area (Å²) in [5, 5.41) is 0. The van der Waals surface area contributed by atoms with E-state index in [4.69, 9.17) is 0 Å². The molecule has 3 nitrogen and oxygen atoms in total. The Kier molecular flexibility index (Phi) is 3.69. The van der Waals surface area contributed by atoms with Crippen molar-refractivity contribution in [3.05, 3.63) is 29.3 Å².